The largest absolute Gasteiger partial charge is 0.391 e. The Morgan fingerprint density at radius 2 is 1.85 bits per heavy atom. The van der Waals surface area contributed by atoms with Crippen molar-refractivity contribution in [2.75, 3.05) is 30.3 Å². The molecule has 0 spiro atoms. The van der Waals surface area contributed by atoms with E-state index in [0.29, 0.717) is 19.6 Å². The number of β-amino-alcohol motifs (C(OH)–C–C–N with tert-alkyl or cyclic N) is 1. The van der Waals surface area contributed by atoms with Crippen LogP contribution < -0.4 is 16.0 Å². The van der Waals surface area contributed by atoms with E-state index in [0.717, 1.165) is 42.2 Å². The highest BCUT2D eigenvalue weighted by Crippen LogP contribution is 2.23. The molecule has 0 radical (unpaired) electrons. The average Bonchev–Trinajstić information content (AvgIpc) is 3.31. The Morgan fingerprint density at radius 3 is 2.62 bits per heavy atom. The van der Waals surface area contributed by atoms with E-state index in [9.17, 15) is 5.11 Å². The molecule has 2 aromatic carbocycles. The molecule has 3 heterocycles. The van der Waals surface area contributed by atoms with Crippen molar-refractivity contribution < 1.29 is 5.11 Å². The van der Waals surface area contributed by atoms with Gasteiger partial charge in [0.25, 0.3) is 0 Å². The van der Waals surface area contributed by atoms with Crippen molar-refractivity contribution in [1.82, 2.24) is 19.9 Å². The molecule has 1 saturated heterocycles. The Morgan fingerprint density at radius 1 is 1.06 bits per heavy atom. The van der Waals surface area contributed by atoms with Crippen LogP contribution in [0.4, 0.5) is 11.6 Å². The molecule has 5 rings (SSSR count). The Bertz CT molecular complexity index is 1220. The molecule has 1 fully saturated rings. The highest BCUT2D eigenvalue weighted by atomic mass is 16.3. The fourth-order valence-electron chi connectivity index (χ4n) is 4.48. The molecule has 0 aliphatic carbocycles. The number of piperidine rings is 1. The molecule has 1 aliphatic heterocycles. The number of aromatic nitrogens is 3. The summed E-state index contributed by atoms with van der Waals surface area (Å²) in [5.74, 6) is 1.91. The molecule has 0 saturated carbocycles. The van der Waals surface area contributed by atoms with Crippen LogP contribution in [0, 0.1) is 5.92 Å². The quantitative estimate of drug-likeness (QED) is 0.321. The smallest absolute Gasteiger partial charge is 0.162 e. The number of hydrogen-bond acceptors (Lipinski definition) is 6. The van der Waals surface area contributed by atoms with Crippen LogP contribution in [0.3, 0.4) is 0 Å². The van der Waals surface area contributed by atoms with Crippen LogP contribution in [0.2, 0.25) is 0 Å². The summed E-state index contributed by atoms with van der Waals surface area (Å²) >= 11 is 0. The first-order valence-electron chi connectivity index (χ1n) is 12.1. The first-order valence-corrected chi connectivity index (χ1v) is 12.1. The fraction of sp³-hybridized carbons (Fsp3) is 0.333. The molecule has 2 aromatic heterocycles. The van der Waals surface area contributed by atoms with Gasteiger partial charge in [-0.15, -0.1) is 0 Å². The summed E-state index contributed by atoms with van der Waals surface area (Å²) in [4.78, 5) is 4.83. The van der Waals surface area contributed by atoms with Crippen molar-refractivity contribution in [2.45, 2.75) is 32.4 Å². The molecule has 0 bridgehead atoms. The lowest BCUT2D eigenvalue weighted by molar-refractivity contribution is 0.0883. The van der Waals surface area contributed by atoms with Gasteiger partial charge in [-0.3, -0.25) is 0 Å². The second-order valence-electron chi connectivity index (χ2n) is 8.90. The number of aliphatic hydroxyl groups excluding tert-OH is 1. The maximum atomic E-state index is 10.3. The highest BCUT2D eigenvalue weighted by Gasteiger charge is 2.22. The van der Waals surface area contributed by atoms with Gasteiger partial charge < -0.3 is 21.1 Å². The number of benzene rings is 2. The SMILES string of the molecule is CCc1cnn2c(NCc3ccc(-c4ccccc4)cc3)cc(NC[C@H]3CCNC[C@@H]3O)nc12. The standard InChI is InChI=1S/C27H32N6O/c1-2-20-17-31-33-26(14-25(32-27(20)33)29-16-23-12-13-28-18-24(23)34)30-15-19-8-10-22(11-9-19)21-6-4-3-5-7-21/h3-11,14,17,23-24,28,30,34H,2,12-13,15-16,18H2,1H3,(H,29,32)/t23-,24+/m1/s1. The molecule has 7 heteroatoms. The van der Waals surface area contributed by atoms with Crippen LogP contribution in [0.1, 0.15) is 24.5 Å². The minimum Gasteiger partial charge on any atom is -0.391 e. The summed E-state index contributed by atoms with van der Waals surface area (Å²) in [7, 11) is 0. The van der Waals surface area contributed by atoms with Gasteiger partial charge in [0.1, 0.15) is 11.6 Å². The number of anilines is 2. The zero-order valence-electron chi connectivity index (χ0n) is 19.5. The topological polar surface area (TPSA) is 86.5 Å². The molecule has 0 amide bonds. The van der Waals surface area contributed by atoms with Gasteiger partial charge in [0.2, 0.25) is 0 Å². The van der Waals surface area contributed by atoms with Gasteiger partial charge in [0.15, 0.2) is 5.65 Å². The average molecular weight is 457 g/mol. The monoisotopic (exact) mass is 456 g/mol. The van der Waals surface area contributed by atoms with Crippen molar-refractivity contribution in [3.8, 4) is 11.1 Å². The van der Waals surface area contributed by atoms with Crippen LogP contribution in [0.15, 0.2) is 66.9 Å². The van der Waals surface area contributed by atoms with Crippen molar-refractivity contribution >= 4 is 17.3 Å². The van der Waals surface area contributed by atoms with Crippen LogP contribution in [0.25, 0.3) is 16.8 Å². The fourth-order valence-corrected chi connectivity index (χ4v) is 4.48. The lowest BCUT2D eigenvalue weighted by atomic mass is 9.95. The van der Waals surface area contributed by atoms with Gasteiger partial charge in [-0.1, -0.05) is 61.5 Å². The molecule has 2 atom stereocenters. The molecule has 0 unspecified atom stereocenters. The van der Waals surface area contributed by atoms with Crippen molar-refractivity contribution in [3.63, 3.8) is 0 Å². The number of nitrogens with one attached hydrogen (secondary N) is 3. The lowest BCUT2D eigenvalue weighted by Gasteiger charge is -2.28. The molecule has 7 nitrogen and oxygen atoms in total. The zero-order chi connectivity index (χ0) is 23.3. The number of nitrogens with zero attached hydrogens (tertiary/aromatic N) is 3. The van der Waals surface area contributed by atoms with Crippen molar-refractivity contribution in [1.29, 1.82) is 0 Å². The third kappa shape index (κ3) is 4.90. The summed E-state index contributed by atoms with van der Waals surface area (Å²) in [5, 5.41) is 25.1. The Kier molecular flexibility index (Phi) is 6.74. The molecule has 4 aromatic rings. The minimum atomic E-state index is -0.331. The van der Waals surface area contributed by atoms with Gasteiger partial charge in [0.05, 0.1) is 12.3 Å². The summed E-state index contributed by atoms with van der Waals surface area (Å²) in [6.07, 6.45) is 3.38. The third-order valence-electron chi connectivity index (χ3n) is 6.60. The normalized spacial score (nSPS) is 18.2. The zero-order valence-corrected chi connectivity index (χ0v) is 19.5. The molecule has 34 heavy (non-hydrogen) atoms. The maximum absolute atomic E-state index is 10.3. The predicted octanol–water partition coefficient (Wildman–Crippen LogP) is 3.95. The van der Waals surface area contributed by atoms with Gasteiger partial charge in [-0.25, -0.2) is 4.98 Å². The Hall–Kier alpha value is -3.42. The summed E-state index contributed by atoms with van der Waals surface area (Å²) < 4.78 is 1.88. The van der Waals surface area contributed by atoms with Gasteiger partial charge >= 0.3 is 0 Å². The van der Waals surface area contributed by atoms with E-state index < -0.39 is 0 Å². The Balaban J connectivity index is 1.33. The van der Waals surface area contributed by atoms with Crippen LogP contribution >= 0.6 is 0 Å². The van der Waals surface area contributed by atoms with Gasteiger partial charge in [-0.05, 0) is 36.1 Å². The number of hydrogen-bond donors (Lipinski definition) is 4. The number of fused-ring (bicyclic) bond motifs is 1. The lowest BCUT2D eigenvalue weighted by Crippen LogP contribution is -2.43. The highest BCUT2D eigenvalue weighted by molar-refractivity contribution is 5.64. The van der Waals surface area contributed by atoms with E-state index in [1.54, 1.807) is 0 Å². The molecule has 1 aliphatic rings. The van der Waals surface area contributed by atoms with E-state index >= 15 is 0 Å². The second-order valence-corrected chi connectivity index (χ2v) is 8.90. The predicted molar refractivity (Wildman–Crippen MR) is 137 cm³/mol. The molecule has 4 N–H and O–H groups in total. The second kappa shape index (κ2) is 10.2. The number of aryl methyl sites for hydroxylation is 1. The Labute approximate surface area is 200 Å². The van der Waals surface area contributed by atoms with E-state index in [1.165, 1.54) is 16.7 Å². The summed E-state index contributed by atoms with van der Waals surface area (Å²) in [5.41, 5.74) is 5.60. The summed E-state index contributed by atoms with van der Waals surface area (Å²) in [6.45, 7) is 5.08. The van der Waals surface area contributed by atoms with Gasteiger partial charge in [-0.2, -0.15) is 9.61 Å². The number of rotatable bonds is 8. The third-order valence-corrected chi connectivity index (χ3v) is 6.60. The summed E-state index contributed by atoms with van der Waals surface area (Å²) in [6, 6.07) is 21.1. The molecular formula is C27H32N6O. The van der Waals surface area contributed by atoms with Crippen LogP contribution in [-0.4, -0.2) is 45.4 Å². The van der Waals surface area contributed by atoms with Gasteiger partial charge in [0, 0.05) is 37.2 Å². The van der Waals surface area contributed by atoms with Crippen molar-refractivity contribution in [3.05, 3.63) is 78.0 Å². The van der Waals surface area contributed by atoms with E-state index in [2.05, 4.69) is 76.5 Å². The van der Waals surface area contributed by atoms with E-state index in [4.69, 9.17) is 4.98 Å². The first kappa shape index (κ1) is 22.4. The van der Waals surface area contributed by atoms with Crippen molar-refractivity contribution in [2.24, 2.45) is 5.92 Å². The molecule has 176 valence electrons. The van der Waals surface area contributed by atoms with Crippen LogP contribution in [-0.2, 0) is 13.0 Å². The number of aliphatic hydroxyl groups is 1. The maximum Gasteiger partial charge on any atom is 0.162 e. The van der Waals surface area contributed by atoms with Crippen LogP contribution in [0.5, 0.6) is 0 Å². The minimum absolute atomic E-state index is 0.217. The van der Waals surface area contributed by atoms with E-state index in [1.807, 2.05) is 22.8 Å². The van der Waals surface area contributed by atoms with E-state index in [-0.39, 0.29) is 12.0 Å². The first-order chi connectivity index (χ1) is 16.7. The molecular weight excluding hydrogens is 424 g/mol.